The Balaban J connectivity index is 1.47. The van der Waals surface area contributed by atoms with E-state index in [1.54, 1.807) is 6.08 Å². The number of nitrogens with zero attached hydrogens (tertiary/aromatic N) is 3. The molecule has 1 N–H and O–H groups in total. The van der Waals surface area contributed by atoms with E-state index in [0.29, 0.717) is 17.5 Å². The van der Waals surface area contributed by atoms with Crippen molar-refractivity contribution in [1.29, 1.82) is 0 Å². The fraction of sp³-hybridized carbons (Fsp3) is 0.207. The summed E-state index contributed by atoms with van der Waals surface area (Å²) in [6, 6.07) is 27.6. The van der Waals surface area contributed by atoms with Crippen molar-refractivity contribution in [3.8, 4) is 5.75 Å². The smallest absolute Gasteiger partial charge is 0.234 e. The zero-order valence-corrected chi connectivity index (χ0v) is 21.3. The first-order chi connectivity index (χ1) is 17.5. The van der Waals surface area contributed by atoms with Crippen molar-refractivity contribution in [3.63, 3.8) is 0 Å². The Kier molecular flexibility index (Phi) is 8.57. The van der Waals surface area contributed by atoms with Crippen molar-refractivity contribution in [2.75, 3.05) is 0 Å². The van der Waals surface area contributed by atoms with Crippen molar-refractivity contribution in [3.05, 3.63) is 120 Å². The second kappa shape index (κ2) is 12.2. The van der Waals surface area contributed by atoms with Crippen molar-refractivity contribution in [1.82, 2.24) is 20.1 Å². The number of rotatable bonds is 11. The molecule has 1 heterocycles. The van der Waals surface area contributed by atoms with Crippen LogP contribution in [0, 0.1) is 6.92 Å². The summed E-state index contributed by atoms with van der Waals surface area (Å²) in [5.41, 5.74) is 3.18. The average Bonchev–Trinajstić information content (AvgIpc) is 3.28. The SMILES string of the molecule is C=CCn1c(COc2cccc(C)c2)nnc1SC(C)C(=O)NC(c1ccccc1)c1ccccc1. The molecule has 7 heteroatoms. The molecule has 0 saturated carbocycles. The van der Waals surface area contributed by atoms with Gasteiger partial charge in [-0.15, -0.1) is 16.8 Å². The van der Waals surface area contributed by atoms with Crippen LogP contribution in [0.4, 0.5) is 0 Å². The quantitative estimate of drug-likeness (QED) is 0.211. The van der Waals surface area contributed by atoms with E-state index in [1.165, 1.54) is 11.8 Å². The summed E-state index contributed by atoms with van der Waals surface area (Å²) in [5.74, 6) is 1.37. The van der Waals surface area contributed by atoms with Gasteiger partial charge in [0.05, 0.1) is 11.3 Å². The predicted molar refractivity (Wildman–Crippen MR) is 144 cm³/mol. The van der Waals surface area contributed by atoms with E-state index < -0.39 is 5.25 Å². The Labute approximate surface area is 216 Å². The molecule has 1 aromatic heterocycles. The van der Waals surface area contributed by atoms with E-state index in [4.69, 9.17) is 4.74 Å². The zero-order valence-electron chi connectivity index (χ0n) is 20.5. The van der Waals surface area contributed by atoms with Gasteiger partial charge in [-0.2, -0.15) is 0 Å². The second-order valence-corrected chi connectivity index (χ2v) is 9.73. The maximum Gasteiger partial charge on any atom is 0.234 e. The van der Waals surface area contributed by atoms with E-state index in [0.717, 1.165) is 22.4 Å². The summed E-state index contributed by atoms with van der Waals surface area (Å²) in [6.07, 6.45) is 1.79. The molecule has 36 heavy (non-hydrogen) atoms. The molecule has 6 nitrogen and oxygen atoms in total. The molecule has 1 unspecified atom stereocenters. The lowest BCUT2D eigenvalue weighted by Gasteiger charge is -2.22. The van der Waals surface area contributed by atoms with Crippen LogP contribution in [0.15, 0.2) is 103 Å². The highest BCUT2D eigenvalue weighted by Crippen LogP contribution is 2.26. The standard InChI is InChI=1S/C29H30N4O2S/c1-4-18-33-26(20-35-25-17-11-12-21(2)19-25)31-32-29(33)36-22(3)28(34)30-27(23-13-7-5-8-14-23)24-15-9-6-10-16-24/h4-17,19,22,27H,1,18,20H2,2-3H3,(H,30,34). The van der Waals surface area contributed by atoms with Crippen LogP contribution < -0.4 is 10.1 Å². The molecule has 4 aromatic rings. The van der Waals surface area contributed by atoms with Gasteiger partial charge < -0.3 is 10.1 Å². The van der Waals surface area contributed by atoms with Gasteiger partial charge in [0, 0.05) is 6.54 Å². The third-order valence-corrected chi connectivity index (χ3v) is 6.75. The highest BCUT2D eigenvalue weighted by molar-refractivity contribution is 8.00. The summed E-state index contributed by atoms with van der Waals surface area (Å²) in [6.45, 7) is 8.56. The Morgan fingerprint density at radius 3 is 2.31 bits per heavy atom. The maximum absolute atomic E-state index is 13.3. The van der Waals surface area contributed by atoms with Crippen molar-refractivity contribution in [2.24, 2.45) is 0 Å². The molecule has 184 valence electrons. The highest BCUT2D eigenvalue weighted by atomic mass is 32.2. The molecule has 4 rings (SSSR count). The number of hydrogen-bond acceptors (Lipinski definition) is 5. The molecule has 1 atom stereocenters. The van der Waals surface area contributed by atoms with Gasteiger partial charge in [-0.05, 0) is 42.7 Å². The Morgan fingerprint density at radius 2 is 1.69 bits per heavy atom. The first-order valence-electron chi connectivity index (χ1n) is 11.8. The van der Waals surface area contributed by atoms with Crippen molar-refractivity contribution < 1.29 is 9.53 Å². The zero-order chi connectivity index (χ0) is 25.3. The molecule has 1 amide bonds. The lowest BCUT2D eigenvalue weighted by atomic mass is 9.98. The van der Waals surface area contributed by atoms with Crippen LogP contribution in [-0.4, -0.2) is 25.9 Å². The molecule has 0 saturated heterocycles. The van der Waals surface area contributed by atoms with Crippen LogP contribution in [0.1, 0.15) is 35.5 Å². The van der Waals surface area contributed by atoms with E-state index >= 15 is 0 Å². The molecule has 0 aliphatic carbocycles. The van der Waals surface area contributed by atoms with Crippen LogP contribution in [-0.2, 0) is 17.9 Å². The molecular weight excluding hydrogens is 468 g/mol. The summed E-state index contributed by atoms with van der Waals surface area (Å²) in [5, 5.41) is 12.2. The Bertz CT molecular complexity index is 1250. The van der Waals surface area contributed by atoms with E-state index in [1.807, 2.05) is 103 Å². The third kappa shape index (κ3) is 6.43. The number of aromatic nitrogens is 3. The summed E-state index contributed by atoms with van der Waals surface area (Å²) < 4.78 is 7.86. The predicted octanol–water partition coefficient (Wildman–Crippen LogP) is 5.74. The molecular formula is C29H30N4O2S. The van der Waals surface area contributed by atoms with Gasteiger partial charge in [0.1, 0.15) is 12.4 Å². The minimum Gasteiger partial charge on any atom is -0.486 e. The van der Waals surface area contributed by atoms with Gasteiger partial charge >= 0.3 is 0 Å². The Morgan fingerprint density at radius 1 is 1.03 bits per heavy atom. The molecule has 0 fully saturated rings. The fourth-order valence-electron chi connectivity index (χ4n) is 3.80. The lowest BCUT2D eigenvalue weighted by Crippen LogP contribution is -2.35. The summed E-state index contributed by atoms with van der Waals surface area (Å²) in [7, 11) is 0. The number of carbonyl (C=O) groups excluding carboxylic acids is 1. The van der Waals surface area contributed by atoms with Crippen molar-refractivity contribution >= 4 is 17.7 Å². The number of nitrogens with one attached hydrogen (secondary N) is 1. The number of benzene rings is 3. The average molecular weight is 499 g/mol. The van der Waals surface area contributed by atoms with Crippen LogP contribution in [0.25, 0.3) is 0 Å². The monoisotopic (exact) mass is 498 g/mol. The first kappa shape index (κ1) is 25.3. The van der Waals surface area contributed by atoms with Gasteiger partial charge in [-0.1, -0.05) is 90.6 Å². The molecule has 0 radical (unpaired) electrons. The number of hydrogen-bond donors (Lipinski definition) is 1. The molecule has 0 spiro atoms. The lowest BCUT2D eigenvalue weighted by molar-refractivity contribution is -0.120. The number of aryl methyl sites for hydroxylation is 1. The minimum atomic E-state index is -0.391. The summed E-state index contributed by atoms with van der Waals surface area (Å²) in [4.78, 5) is 13.3. The number of carbonyl (C=O) groups is 1. The first-order valence-corrected chi connectivity index (χ1v) is 12.7. The normalized spacial score (nSPS) is 11.8. The van der Waals surface area contributed by atoms with E-state index in [-0.39, 0.29) is 18.6 Å². The number of allylic oxidation sites excluding steroid dienone is 1. The fourth-order valence-corrected chi connectivity index (χ4v) is 4.69. The molecule has 0 aliphatic heterocycles. The van der Waals surface area contributed by atoms with Gasteiger partial charge in [0.25, 0.3) is 0 Å². The van der Waals surface area contributed by atoms with E-state index in [2.05, 4.69) is 22.1 Å². The van der Waals surface area contributed by atoms with Crippen LogP contribution >= 0.6 is 11.8 Å². The molecule has 3 aromatic carbocycles. The minimum absolute atomic E-state index is 0.0802. The van der Waals surface area contributed by atoms with Crippen LogP contribution in [0.5, 0.6) is 5.75 Å². The highest BCUT2D eigenvalue weighted by Gasteiger charge is 2.24. The topological polar surface area (TPSA) is 69.0 Å². The number of ether oxygens (including phenoxy) is 1. The Hall–Kier alpha value is -3.84. The molecule has 0 aliphatic rings. The molecule has 0 bridgehead atoms. The van der Waals surface area contributed by atoms with Crippen LogP contribution in [0.3, 0.4) is 0 Å². The van der Waals surface area contributed by atoms with Gasteiger partial charge in [-0.25, -0.2) is 0 Å². The largest absolute Gasteiger partial charge is 0.486 e. The van der Waals surface area contributed by atoms with Gasteiger partial charge in [0.2, 0.25) is 5.91 Å². The third-order valence-electron chi connectivity index (χ3n) is 5.67. The number of thioether (sulfide) groups is 1. The number of amides is 1. The van der Waals surface area contributed by atoms with Crippen LogP contribution in [0.2, 0.25) is 0 Å². The van der Waals surface area contributed by atoms with E-state index in [9.17, 15) is 4.79 Å². The van der Waals surface area contributed by atoms with Crippen molar-refractivity contribution in [2.45, 2.75) is 43.4 Å². The van der Waals surface area contributed by atoms with Gasteiger partial charge in [0.15, 0.2) is 11.0 Å². The maximum atomic E-state index is 13.3. The summed E-state index contributed by atoms with van der Waals surface area (Å²) >= 11 is 1.37. The second-order valence-electron chi connectivity index (χ2n) is 8.43. The van der Waals surface area contributed by atoms with Gasteiger partial charge in [-0.3, -0.25) is 9.36 Å².